The number of ether oxygens (including phenoxy) is 1. The molecule has 0 radical (unpaired) electrons. The summed E-state index contributed by atoms with van der Waals surface area (Å²) in [7, 11) is 0. The van der Waals surface area contributed by atoms with Crippen molar-refractivity contribution in [3.63, 3.8) is 0 Å². The van der Waals surface area contributed by atoms with Crippen LogP contribution < -0.4 is 15.2 Å². The van der Waals surface area contributed by atoms with Crippen molar-refractivity contribution in [2.24, 2.45) is 0 Å². The van der Waals surface area contributed by atoms with E-state index in [0.717, 1.165) is 22.6 Å². The molecule has 1 aromatic heterocycles. The van der Waals surface area contributed by atoms with Gasteiger partial charge in [-0.1, -0.05) is 48.5 Å². The molecule has 0 bridgehead atoms. The number of anilines is 1. The molecule has 0 atom stereocenters. The summed E-state index contributed by atoms with van der Waals surface area (Å²) in [6.07, 6.45) is 0.819. The second-order valence-corrected chi connectivity index (χ2v) is 8.14. The Morgan fingerprint density at radius 3 is 2.26 bits per heavy atom. The van der Waals surface area contributed by atoms with E-state index < -0.39 is 0 Å². The number of amides is 1. The number of carbonyl (C=O) groups is 1. The third-order valence-corrected chi connectivity index (χ3v) is 5.64. The van der Waals surface area contributed by atoms with Crippen molar-refractivity contribution in [2.75, 3.05) is 11.5 Å². The summed E-state index contributed by atoms with van der Waals surface area (Å²) in [5.74, 6) is 0.803. The molecule has 0 fully saturated rings. The van der Waals surface area contributed by atoms with Crippen molar-refractivity contribution >= 4 is 11.6 Å². The molecule has 0 aliphatic rings. The molecule has 4 aromatic rings. The highest BCUT2D eigenvalue weighted by molar-refractivity contribution is 5.93. The molecule has 178 valence electrons. The average Bonchev–Trinajstić information content (AvgIpc) is 2.90. The Labute approximate surface area is 205 Å². The molecule has 6 heteroatoms. The van der Waals surface area contributed by atoms with Crippen molar-refractivity contribution in [1.82, 2.24) is 9.78 Å². The number of hydrogen-bond donors (Lipinski definition) is 0. The average molecular weight is 468 g/mol. The van der Waals surface area contributed by atoms with Gasteiger partial charge in [0.25, 0.3) is 5.56 Å². The van der Waals surface area contributed by atoms with Crippen molar-refractivity contribution in [1.29, 1.82) is 0 Å². The van der Waals surface area contributed by atoms with Crippen molar-refractivity contribution < 1.29 is 9.53 Å². The topological polar surface area (TPSA) is 64.4 Å². The Morgan fingerprint density at radius 2 is 1.57 bits per heavy atom. The van der Waals surface area contributed by atoms with Gasteiger partial charge in [-0.2, -0.15) is 5.10 Å². The maximum absolute atomic E-state index is 13.2. The number of para-hydroxylation sites is 1. The fourth-order valence-electron chi connectivity index (χ4n) is 3.86. The molecule has 1 amide bonds. The van der Waals surface area contributed by atoms with Gasteiger partial charge in [0.15, 0.2) is 0 Å². The quantitative estimate of drug-likeness (QED) is 0.317. The fourth-order valence-corrected chi connectivity index (χ4v) is 3.86. The highest BCUT2D eigenvalue weighted by atomic mass is 16.5. The van der Waals surface area contributed by atoms with Gasteiger partial charge in [-0.05, 0) is 61.4 Å². The zero-order chi connectivity index (χ0) is 24.5. The molecule has 0 aliphatic carbocycles. The largest absolute Gasteiger partial charge is 0.494 e. The monoisotopic (exact) mass is 467 g/mol. The van der Waals surface area contributed by atoms with Gasteiger partial charge in [0, 0.05) is 30.3 Å². The standard InChI is InChI=1S/C29H29N3O3/c1-2-35-26-17-15-24(16-18-26)27-19-20-29(34)32(30-27)21-9-14-28(33)31(25-12-7-4-8-13-25)22-23-10-5-3-6-11-23/h3-8,10-13,15-20H,2,9,14,21-22H2,1H3. The predicted octanol–water partition coefficient (Wildman–Crippen LogP) is 5.32. The maximum Gasteiger partial charge on any atom is 0.266 e. The lowest BCUT2D eigenvalue weighted by Crippen LogP contribution is -2.31. The Hall–Kier alpha value is -4.19. The smallest absolute Gasteiger partial charge is 0.266 e. The molecule has 0 N–H and O–H groups in total. The minimum Gasteiger partial charge on any atom is -0.494 e. The molecule has 1 heterocycles. The Morgan fingerprint density at radius 1 is 0.886 bits per heavy atom. The second-order valence-electron chi connectivity index (χ2n) is 8.14. The van der Waals surface area contributed by atoms with E-state index in [1.54, 1.807) is 11.0 Å². The molecule has 0 aliphatic heterocycles. The van der Waals surface area contributed by atoms with E-state index >= 15 is 0 Å². The van der Waals surface area contributed by atoms with Crippen LogP contribution in [0, 0.1) is 0 Å². The lowest BCUT2D eigenvalue weighted by molar-refractivity contribution is -0.118. The van der Waals surface area contributed by atoms with Crippen LogP contribution in [-0.2, 0) is 17.9 Å². The van der Waals surface area contributed by atoms with E-state index in [-0.39, 0.29) is 11.5 Å². The number of rotatable bonds is 10. The van der Waals surface area contributed by atoms with Crippen LogP contribution in [0.2, 0.25) is 0 Å². The summed E-state index contributed by atoms with van der Waals surface area (Å²) >= 11 is 0. The van der Waals surface area contributed by atoms with Gasteiger partial charge in [-0.3, -0.25) is 9.59 Å². The summed E-state index contributed by atoms with van der Waals surface area (Å²) in [6.45, 7) is 3.41. The van der Waals surface area contributed by atoms with Crippen LogP contribution in [0.5, 0.6) is 5.75 Å². The van der Waals surface area contributed by atoms with E-state index in [2.05, 4.69) is 5.10 Å². The van der Waals surface area contributed by atoms with Crippen molar-refractivity contribution in [3.8, 4) is 17.0 Å². The van der Waals surface area contributed by atoms with Crippen LogP contribution in [0.15, 0.2) is 102 Å². The van der Waals surface area contributed by atoms with E-state index in [1.807, 2.05) is 91.9 Å². The summed E-state index contributed by atoms with van der Waals surface area (Å²) in [6, 6.07) is 30.5. The second kappa shape index (κ2) is 11.8. The Bertz CT molecular complexity index is 1290. The molecule has 4 rings (SSSR count). The molecule has 35 heavy (non-hydrogen) atoms. The van der Waals surface area contributed by atoms with Gasteiger partial charge in [0.2, 0.25) is 5.91 Å². The number of nitrogens with zero attached hydrogens (tertiary/aromatic N) is 3. The molecular weight excluding hydrogens is 438 g/mol. The van der Waals surface area contributed by atoms with E-state index in [0.29, 0.717) is 38.2 Å². The number of carbonyl (C=O) groups excluding carboxylic acids is 1. The molecule has 0 saturated heterocycles. The normalized spacial score (nSPS) is 10.7. The summed E-state index contributed by atoms with van der Waals surface area (Å²) < 4.78 is 6.93. The third-order valence-electron chi connectivity index (χ3n) is 5.64. The zero-order valence-electron chi connectivity index (χ0n) is 19.8. The van der Waals surface area contributed by atoms with Crippen LogP contribution in [-0.4, -0.2) is 22.3 Å². The first kappa shape index (κ1) is 24.0. The van der Waals surface area contributed by atoms with Crippen LogP contribution in [0.25, 0.3) is 11.3 Å². The number of hydrogen-bond acceptors (Lipinski definition) is 4. The first-order valence-electron chi connectivity index (χ1n) is 11.8. The van der Waals surface area contributed by atoms with Crippen LogP contribution in [0.4, 0.5) is 5.69 Å². The van der Waals surface area contributed by atoms with Crippen LogP contribution in [0.3, 0.4) is 0 Å². The highest BCUT2D eigenvalue weighted by Gasteiger charge is 2.16. The number of benzene rings is 3. The van der Waals surface area contributed by atoms with Gasteiger partial charge < -0.3 is 9.64 Å². The summed E-state index contributed by atoms with van der Waals surface area (Å²) in [5.41, 5.74) is 3.33. The van der Waals surface area contributed by atoms with Gasteiger partial charge >= 0.3 is 0 Å². The van der Waals surface area contributed by atoms with Crippen molar-refractivity contribution in [3.05, 3.63) is 113 Å². The zero-order valence-corrected chi connectivity index (χ0v) is 19.8. The molecule has 0 spiro atoms. The van der Waals surface area contributed by atoms with Gasteiger partial charge in [0.05, 0.1) is 18.8 Å². The fraction of sp³-hybridized carbons (Fsp3) is 0.207. The minimum atomic E-state index is -0.184. The lowest BCUT2D eigenvalue weighted by atomic mass is 10.1. The van der Waals surface area contributed by atoms with Crippen molar-refractivity contribution in [2.45, 2.75) is 32.9 Å². The van der Waals surface area contributed by atoms with Gasteiger partial charge in [0.1, 0.15) is 5.75 Å². The van der Waals surface area contributed by atoms with Crippen LogP contribution >= 0.6 is 0 Å². The lowest BCUT2D eigenvalue weighted by Gasteiger charge is -2.23. The Balaban J connectivity index is 1.43. The predicted molar refractivity (Wildman–Crippen MR) is 138 cm³/mol. The van der Waals surface area contributed by atoms with Crippen LogP contribution in [0.1, 0.15) is 25.3 Å². The number of aryl methyl sites for hydroxylation is 1. The SMILES string of the molecule is CCOc1ccc(-c2ccc(=O)n(CCCC(=O)N(Cc3ccccc3)c3ccccc3)n2)cc1. The maximum atomic E-state index is 13.2. The first-order chi connectivity index (χ1) is 17.1. The molecule has 3 aromatic carbocycles. The van der Waals surface area contributed by atoms with Gasteiger partial charge in [-0.15, -0.1) is 0 Å². The minimum absolute atomic E-state index is 0.00997. The molecular formula is C29H29N3O3. The van der Waals surface area contributed by atoms with E-state index in [1.165, 1.54) is 10.7 Å². The summed E-state index contributed by atoms with van der Waals surface area (Å²) in [5, 5.41) is 4.52. The molecule has 0 unspecified atom stereocenters. The van der Waals surface area contributed by atoms with E-state index in [9.17, 15) is 9.59 Å². The number of aromatic nitrogens is 2. The first-order valence-corrected chi connectivity index (χ1v) is 11.8. The summed E-state index contributed by atoms with van der Waals surface area (Å²) in [4.78, 5) is 27.4. The van der Waals surface area contributed by atoms with E-state index in [4.69, 9.17) is 4.74 Å². The van der Waals surface area contributed by atoms with Gasteiger partial charge in [-0.25, -0.2) is 4.68 Å². The Kier molecular flexibility index (Phi) is 8.07. The highest BCUT2D eigenvalue weighted by Crippen LogP contribution is 2.21. The molecule has 0 saturated carbocycles. The molecule has 6 nitrogen and oxygen atoms in total. The third kappa shape index (κ3) is 6.44.